The molecule has 0 aromatic heterocycles. The number of hydrogen-bond donors (Lipinski definition) is 1. The Morgan fingerprint density at radius 2 is 2.00 bits per heavy atom. The van der Waals surface area contributed by atoms with Crippen LogP contribution in [0.15, 0.2) is 40.9 Å². The summed E-state index contributed by atoms with van der Waals surface area (Å²) in [5.41, 5.74) is 9.53. The van der Waals surface area contributed by atoms with Gasteiger partial charge in [-0.2, -0.15) is 0 Å². The Hall–Kier alpha value is -1.46. The number of rotatable bonds is 2. The Morgan fingerprint density at radius 3 is 2.70 bits per heavy atom. The maximum atomic E-state index is 13.4. The minimum atomic E-state index is -0.216. The summed E-state index contributed by atoms with van der Waals surface area (Å²) in [7, 11) is 0. The average Bonchev–Trinajstić information content (AvgIpc) is 2.81. The van der Waals surface area contributed by atoms with Crippen molar-refractivity contribution in [3.05, 3.63) is 57.8 Å². The SMILES string of the molecule is NC(=S)c1ccc(N2CCc3ccc(F)cc32)c(Br)c1. The van der Waals surface area contributed by atoms with Gasteiger partial charge in [0.15, 0.2) is 0 Å². The van der Waals surface area contributed by atoms with Crippen LogP contribution in [-0.4, -0.2) is 11.5 Å². The lowest BCUT2D eigenvalue weighted by Crippen LogP contribution is -2.15. The molecule has 102 valence electrons. The highest BCUT2D eigenvalue weighted by atomic mass is 79.9. The molecule has 5 heteroatoms. The first kappa shape index (κ1) is 13.5. The van der Waals surface area contributed by atoms with Crippen LogP contribution in [0.1, 0.15) is 11.1 Å². The molecule has 0 atom stereocenters. The number of hydrogen-bond acceptors (Lipinski definition) is 2. The summed E-state index contributed by atoms with van der Waals surface area (Å²) in [6, 6.07) is 10.7. The molecule has 0 bridgehead atoms. The van der Waals surface area contributed by atoms with E-state index in [2.05, 4.69) is 20.8 Å². The molecule has 0 spiro atoms. The van der Waals surface area contributed by atoms with Crippen molar-refractivity contribution < 1.29 is 4.39 Å². The lowest BCUT2D eigenvalue weighted by molar-refractivity contribution is 0.628. The first-order chi connectivity index (χ1) is 9.56. The molecule has 2 aromatic carbocycles. The monoisotopic (exact) mass is 350 g/mol. The van der Waals surface area contributed by atoms with Crippen molar-refractivity contribution in [3.63, 3.8) is 0 Å². The molecule has 0 fully saturated rings. The lowest BCUT2D eigenvalue weighted by Gasteiger charge is -2.21. The van der Waals surface area contributed by atoms with Crippen molar-refractivity contribution in [2.75, 3.05) is 11.4 Å². The fourth-order valence-electron chi connectivity index (χ4n) is 2.48. The summed E-state index contributed by atoms with van der Waals surface area (Å²) in [5.74, 6) is -0.216. The second-order valence-electron chi connectivity index (χ2n) is 4.71. The molecule has 2 N–H and O–H groups in total. The van der Waals surface area contributed by atoms with Crippen molar-refractivity contribution in [1.82, 2.24) is 0 Å². The van der Waals surface area contributed by atoms with E-state index in [1.54, 1.807) is 6.07 Å². The topological polar surface area (TPSA) is 29.3 Å². The van der Waals surface area contributed by atoms with Gasteiger partial charge in [0.1, 0.15) is 10.8 Å². The number of halogens is 2. The number of anilines is 2. The van der Waals surface area contributed by atoms with Gasteiger partial charge in [0.05, 0.1) is 5.69 Å². The zero-order valence-corrected chi connectivity index (χ0v) is 13.0. The van der Waals surface area contributed by atoms with E-state index in [9.17, 15) is 4.39 Å². The van der Waals surface area contributed by atoms with Crippen molar-refractivity contribution >= 4 is 44.5 Å². The maximum absolute atomic E-state index is 13.4. The Bertz CT molecular complexity index is 702. The van der Waals surface area contributed by atoms with Crippen molar-refractivity contribution in [2.24, 2.45) is 5.73 Å². The van der Waals surface area contributed by atoms with Crippen LogP contribution >= 0.6 is 28.1 Å². The quantitative estimate of drug-likeness (QED) is 0.832. The molecule has 0 radical (unpaired) electrons. The van der Waals surface area contributed by atoms with Gasteiger partial charge in [0.2, 0.25) is 0 Å². The van der Waals surface area contributed by atoms with E-state index >= 15 is 0 Å². The third-order valence-corrected chi connectivity index (χ3v) is 4.34. The standard InChI is InChI=1S/C15H12BrFN2S/c16-12-7-10(15(18)20)2-4-13(12)19-6-5-9-1-3-11(17)8-14(9)19/h1-4,7-8H,5-6H2,(H2,18,20). The number of fused-ring (bicyclic) bond motifs is 1. The van der Waals surface area contributed by atoms with Crippen LogP contribution in [0.4, 0.5) is 15.8 Å². The third-order valence-electron chi connectivity index (χ3n) is 3.47. The molecule has 3 rings (SSSR count). The molecule has 1 heterocycles. The van der Waals surface area contributed by atoms with Gasteiger partial charge in [0, 0.05) is 22.3 Å². The van der Waals surface area contributed by atoms with Gasteiger partial charge in [0.25, 0.3) is 0 Å². The van der Waals surface area contributed by atoms with Gasteiger partial charge >= 0.3 is 0 Å². The fraction of sp³-hybridized carbons (Fsp3) is 0.133. The Balaban J connectivity index is 2.04. The number of benzene rings is 2. The van der Waals surface area contributed by atoms with E-state index in [0.29, 0.717) is 4.99 Å². The van der Waals surface area contributed by atoms with Crippen LogP contribution in [0.2, 0.25) is 0 Å². The molecule has 20 heavy (non-hydrogen) atoms. The van der Waals surface area contributed by atoms with E-state index in [4.69, 9.17) is 18.0 Å². The molecule has 0 aliphatic carbocycles. The lowest BCUT2D eigenvalue weighted by atomic mass is 10.1. The van der Waals surface area contributed by atoms with E-state index in [1.807, 2.05) is 24.3 Å². The Labute approximate surface area is 130 Å². The van der Waals surface area contributed by atoms with Gasteiger partial charge in [-0.25, -0.2) is 4.39 Å². The molecule has 2 aromatic rings. The summed E-state index contributed by atoms with van der Waals surface area (Å²) >= 11 is 8.52. The van der Waals surface area contributed by atoms with Crippen LogP contribution in [-0.2, 0) is 6.42 Å². The second-order valence-corrected chi connectivity index (χ2v) is 6.00. The summed E-state index contributed by atoms with van der Waals surface area (Å²) < 4.78 is 14.4. The molecule has 0 amide bonds. The number of nitrogens with zero attached hydrogens (tertiary/aromatic N) is 1. The zero-order valence-electron chi connectivity index (χ0n) is 10.6. The van der Waals surface area contributed by atoms with Gasteiger partial charge in [-0.05, 0) is 58.2 Å². The number of nitrogens with two attached hydrogens (primary N) is 1. The number of thiocarbonyl (C=S) groups is 1. The largest absolute Gasteiger partial charge is 0.389 e. The third kappa shape index (κ3) is 2.31. The summed E-state index contributed by atoms with van der Waals surface area (Å²) in [6.07, 6.45) is 0.916. The van der Waals surface area contributed by atoms with Crippen LogP contribution in [0, 0.1) is 5.82 Å². The van der Waals surface area contributed by atoms with Crippen molar-refractivity contribution in [2.45, 2.75) is 6.42 Å². The molecule has 0 saturated carbocycles. The minimum absolute atomic E-state index is 0.216. The maximum Gasteiger partial charge on any atom is 0.125 e. The molecular formula is C15H12BrFN2S. The van der Waals surface area contributed by atoms with Gasteiger partial charge < -0.3 is 10.6 Å². The predicted octanol–water partition coefficient (Wildman–Crippen LogP) is 3.92. The molecule has 0 unspecified atom stereocenters. The molecular weight excluding hydrogens is 339 g/mol. The highest BCUT2D eigenvalue weighted by Crippen LogP contribution is 2.38. The molecule has 2 nitrogen and oxygen atoms in total. The van der Waals surface area contributed by atoms with Gasteiger partial charge in [-0.15, -0.1) is 0 Å². The van der Waals surface area contributed by atoms with Gasteiger partial charge in [-0.3, -0.25) is 0 Å². The fourth-order valence-corrected chi connectivity index (χ4v) is 3.20. The Morgan fingerprint density at radius 1 is 1.20 bits per heavy atom. The normalized spacial score (nSPS) is 13.4. The summed E-state index contributed by atoms with van der Waals surface area (Å²) in [6.45, 7) is 0.837. The molecule has 0 saturated heterocycles. The first-order valence-corrected chi connectivity index (χ1v) is 7.42. The predicted molar refractivity (Wildman–Crippen MR) is 87.1 cm³/mol. The summed E-state index contributed by atoms with van der Waals surface area (Å²) in [4.78, 5) is 2.47. The summed E-state index contributed by atoms with van der Waals surface area (Å²) in [5, 5.41) is 0. The van der Waals surface area contributed by atoms with Crippen LogP contribution < -0.4 is 10.6 Å². The average molecular weight is 351 g/mol. The highest BCUT2D eigenvalue weighted by molar-refractivity contribution is 9.10. The smallest absolute Gasteiger partial charge is 0.125 e. The Kier molecular flexibility index (Phi) is 3.48. The first-order valence-electron chi connectivity index (χ1n) is 6.21. The highest BCUT2D eigenvalue weighted by Gasteiger charge is 2.22. The van der Waals surface area contributed by atoms with Crippen LogP contribution in [0.5, 0.6) is 0 Å². The van der Waals surface area contributed by atoms with E-state index in [1.165, 1.54) is 6.07 Å². The minimum Gasteiger partial charge on any atom is -0.389 e. The van der Waals surface area contributed by atoms with Crippen molar-refractivity contribution in [3.8, 4) is 0 Å². The van der Waals surface area contributed by atoms with E-state index in [0.717, 1.165) is 39.9 Å². The van der Waals surface area contributed by atoms with E-state index in [-0.39, 0.29) is 5.82 Å². The van der Waals surface area contributed by atoms with Gasteiger partial charge in [-0.1, -0.05) is 18.3 Å². The molecule has 1 aliphatic rings. The van der Waals surface area contributed by atoms with E-state index < -0.39 is 0 Å². The molecule has 1 aliphatic heterocycles. The zero-order chi connectivity index (χ0) is 14.3. The van der Waals surface area contributed by atoms with Crippen LogP contribution in [0.3, 0.4) is 0 Å². The second kappa shape index (κ2) is 5.14. The van der Waals surface area contributed by atoms with Crippen LogP contribution in [0.25, 0.3) is 0 Å². The van der Waals surface area contributed by atoms with Crippen molar-refractivity contribution in [1.29, 1.82) is 0 Å².